The average Bonchev–Trinajstić information content (AvgIpc) is 3.08. The number of nitrogens with zero attached hydrogens (tertiary/aromatic N) is 1. The first-order valence-electron chi connectivity index (χ1n) is 9.92. The van der Waals surface area contributed by atoms with Crippen LogP contribution in [-0.4, -0.2) is 36.5 Å². The minimum absolute atomic E-state index is 0.000204. The van der Waals surface area contributed by atoms with Crippen LogP contribution in [0.3, 0.4) is 0 Å². The fourth-order valence-corrected chi connectivity index (χ4v) is 5.17. The Bertz CT molecular complexity index is 1010. The van der Waals surface area contributed by atoms with Crippen LogP contribution in [0.2, 0.25) is 5.15 Å². The van der Waals surface area contributed by atoms with Crippen molar-refractivity contribution in [2.75, 3.05) is 19.0 Å². The molecule has 7 nitrogen and oxygen atoms in total. The van der Waals surface area contributed by atoms with E-state index in [1.807, 2.05) is 0 Å². The fourth-order valence-electron chi connectivity index (χ4n) is 3.64. The molecular formula is C22H25ClN2O5S. The number of carbonyl (C=O) groups is 3. The number of carbonyl (C=O) groups excluding carboxylic acids is 3. The number of methoxy groups -OCH3 is 1. The number of nitrogens with one attached hydrogen (secondary N) is 1. The molecule has 1 amide bonds. The van der Waals surface area contributed by atoms with Crippen molar-refractivity contribution >= 4 is 45.8 Å². The lowest BCUT2D eigenvalue weighted by Crippen LogP contribution is -2.26. The van der Waals surface area contributed by atoms with Crippen LogP contribution in [0.15, 0.2) is 18.3 Å². The van der Waals surface area contributed by atoms with Gasteiger partial charge in [0.25, 0.3) is 5.91 Å². The molecule has 0 spiro atoms. The Kier molecular flexibility index (Phi) is 7.01. The second-order valence-corrected chi connectivity index (χ2v) is 9.93. The quantitative estimate of drug-likeness (QED) is 0.516. The molecule has 2 aromatic heterocycles. The fraction of sp³-hybridized carbons (Fsp3) is 0.455. The third-order valence-electron chi connectivity index (χ3n) is 5.45. The number of thiophene rings is 1. The van der Waals surface area contributed by atoms with Crippen LogP contribution in [-0.2, 0) is 27.1 Å². The molecular weight excluding hydrogens is 440 g/mol. The molecule has 2 aromatic rings. The summed E-state index contributed by atoms with van der Waals surface area (Å²) in [5.41, 5.74) is 1.56. The topological polar surface area (TPSA) is 94.6 Å². The van der Waals surface area contributed by atoms with E-state index in [0.29, 0.717) is 16.5 Å². The molecule has 1 atom stereocenters. The van der Waals surface area contributed by atoms with E-state index in [9.17, 15) is 14.4 Å². The molecule has 0 aromatic carbocycles. The van der Waals surface area contributed by atoms with Crippen molar-refractivity contribution in [3.63, 3.8) is 0 Å². The van der Waals surface area contributed by atoms with Gasteiger partial charge in [-0.25, -0.2) is 14.6 Å². The minimum atomic E-state index is -0.750. The number of anilines is 1. The summed E-state index contributed by atoms with van der Waals surface area (Å²) in [4.78, 5) is 41.9. The molecule has 3 rings (SSSR count). The molecule has 0 saturated heterocycles. The van der Waals surface area contributed by atoms with E-state index in [1.54, 1.807) is 6.07 Å². The number of rotatable bonds is 5. The number of hydrogen-bond donors (Lipinski definition) is 1. The molecule has 0 saturated carbocycles. The Morgan fingerprint density at radius 1 is 1.29 bits per heavy atom. The van der Waals surface area contributed by atoms with Gasteiger partial charge in [0.1, 0.15) is 10.2 Å². The van der Waals surface area contributed by atoms with Crippen LogP contribution in [0.25, 0.3) is 0 Å². The second kappa shape index (κ2) is 9.36. The van der Waals surface area contributed by atoms with Gasteiger partial charge in [-0.15, -0.1) is 11.3 Å². The molecule has 0 fully saturated rings. The van der Waals surface area contributed by atoms with Crippen molar-refractivity contribution in [2.24, 2.45) is 11.3 Å². The summed E-state index contributed by atoms with van der Waals surface area (Å²) in [6.45, 7) is 6.12. The van der Waals surface area contributed by atoms with Gasteiger partial charge in [-0.3, -0.25) is 4.79 Å². The van der Waals surface area contributed by atoms with E-state index in [4.69, 9.17) is 21.1 Å². The summed E-state index contributed by atoms with van der Waals surface area (Å²) in [6, 6.07) is 3.01. The number of amides is 1. The molecule has 1 N–H and O–H groups in total. The first-order chi connectivity index (χ1) is 14.6. The Labute approximate surface area is 190 Å². The van der Waals surface area contributed by atoms with Crippen molar-refractivity contribution < 1.29 is 23.9 Å². The van der Waals surface area contributed by atoms with Gasteiger partial charge in [0.05, 0.1) is 18.2 Å². The third kappa shape index (κ3) is 5.25. The third-order valence-corrected chi connectivity index (χ3v) is 6.92. The van der Waals surface area contributed by atoms with Crippen LogP contribution in [0.1, 0.15) is 58.3 Å². The molecule has 2 heterocycles. The molecule has 31 heavy (non-hydrogen) atoms. The van der Waals surface area contributed by atoms with Gasteiger partial charge in [0.15, 0.2) is 6.61 Å². The normalized spacial score (nSPS) is 15.7. The maximum atomic E-state index is 12.5. The molecule has 1 unspecified atom stereocenters. The van der Waals surface area contributed by atoms with Gasteiger partial charge in [0.2, 0.25) is 0 Å². The van der Waals surface area contributed by atoms with E-state index < -0.39 is 24.5 Å². The first kappa shape index (κ1) is 23.2. The predicted molar refractivity (Wildman–Crippen MR) is 119 cm³/mol. The zero-order chi connectivity index (χ0) is 22.8. The van der Waals surface area contributed by atoms with Gasteiger partial charge < -0.3 is 14.8 Å². The van der Waals surface area contributed by atoms with Crippen LogP contribution < -0.4 is 5.32 Å². The summed E-state index contributed by atoms with van der Waals surface area (Å²) < 4.78 is 10.0. The van der Waals surface area contributed by atoms with Crippen molar-refractivity contribution in [1.29, 1.82) is 0 Å². The van der Waals surface area contributed by atoms with Gasteiger partial charge in [0, 0.05) is 11.1 Å². The van der Waals surface area contributed by atoms with E-state index in [2.05, 4.69) is 31.1 Å². The Morgan fingerprint density at radius 3 is 2.68 bits per heavy atom. The van der Waals surface area contributed by atoms with Crippen molar-refractivity contribution in [2.45, 2.75) is 40.0 Å². The Balaban J connectivity index is 1.74. The number of ether oxygens (including phenoxy) is 2. The van der Waals surface area contributed by atoms with E-state index in [1.165, 1.54) is 30.7 Å². The molecule has 0 aliphatic heterocycles. The highest BCUT2D eigenvalue weighted by molar-refractivity contribution is 7.17. The number of aromatic nitrogens is 1. The highest BCUT2D eigenvalue weighted by Crippen LogP contribution is 2.44. The molecule has 0 bridgehead atoms. The largest absolute Gasteiger partial charge is 0.465 e. The lowest BCUT2D eigenvalue weighted by Gasteiger charge is -2.33. The summed E-state index contributed by atoms with van der Waals surface area (Å²) >= 11 is 7.26. The van der Waals surface area contributed by atoms with Gasteiger partial charge >= 0.3 is 11.9 Å². The van der Waals surface area contributed by atoms with Crippen LogP contribution in [0, 0.1) is 11.3 Å². The van der Waals surface area contributed by atoms with Crippen LogP contribution in [0.5, 0.6) is 0 Å². The van der Waals surface area contributed by atoms with Crippen LogP contribution >= 0.6 is 22.9 Å². The molecule has 1 aliphatic carbocycles. The Morgan fingerprint density at radius 2 is 2.03 bits per heavy atom. The SMILES string of the molecule is COC(=O)c1c(NC(=O)COC(=O)c2cccnc2Cl)sc2c1CCC(C(C)(C)C)C2. The summed E-state index contributed by atoms with van der Waals surface area (Å²) in [6.07, 6.45) is 4.01. The lowest BCUT2D eigenvalue weighted by molar-refractivity contribution is -0.119. The highest BCUT2D eigenvalue weighted by atomic mass is 35.5. The summed E-state index contributed by atoms with van der Waals surface area (Å²) in [5.74, 6) is -1.30. The molecule has 0 radical (unpaired) electrons. The van der Waals surface area contributed by atoms with E-state index in [0.717, 1.165) is 29.7 Å². The zero-order valence-electron chi connectivity index (χ0n) is 17.9. The average molecular weight is 465 g/mol. The standard InChI is InChI=1S/C22H25ClN2O5S/c1-22(2,3)12-7-8-13-15(10-12)31-19(17(13)21(28)29-4)25-16(26)11-30-20(27)14-6-5-9-24-18(14)23/h5-6,9,12H,7-8,10-11H2,1-4H3,(H,25,26). The second-order valence-electron chi connectivity index (χ2n) is 8.47. The number of hydrogen-bond acceptors (Lipinski definition) is 7. The van der Waals surface area contributed by atoms with Crippen molar-refractivity contribution in [3.8, 4) is 0 Å². The smallest absolute Gasteiger partial charge is 0.341 e. The number of pyridine rings is 1. The van der Waals surface area contributed by atoms with E-state index in [-0.39, 0.29) is 16.1 Å². The molecule has 1 aliphatic rings. The van der Waals surface area contributed by atoms with Crippen LogP contribution in [0.4, 0.5) is 5.00 Å². The van der Waals surface area contributed by atoms with Crippen molar-refractivity contribution in [3.05, 3.63) is 45.1 Å². The zero-order valence-corrected chi connectivity index (χ0v) is 19.5. The van der Waals surface area contributed by atoms with Gasteiger partial charge in [-0.05, 0) is 48.3 Å². The summed E-state index contributed by atoms with van der Waals surface area (Å²) in [7, 11) is 1.32. The molecule has 166 valence electrons. The minimum Gasteiger partial charge on any atom is -0.465 e. The summed E-state index contributed by atoms with van der Waals surface area (Å²) in [5, 5.41) is 3.13. The van der Waals surface area contributed by atoms with Gasteiger partial charge in [-0.2, -0.15) is 0 Å². The van der Waals surface area contributed by atoms with Crippen molar-refractivity contribution in [1.82, 2.24) is 4.98 Å². The first-order valence-corrected chi connectivity index (χ1v) is 11.1. The highest BCUT2D eigenvalue weighted by Gasteiger charge is 2.34. The maximum Gasteiger partial charge on any atom is 0.341 e. The number of fused-ring (bicyclic) bond motifs is 1. The molecule has 9 heteroatoms. The number of halogens is 1. The Hall–Kier alpha value is -2.45. The lowest BCUT2D eigenvalue weighted by atomic mass is 9.72. The number of esters is 2. The van der Waals surface area contributed by atoms with Gasteiger partial charge in [-0.1, -0.05) is 32.4 Å². The predicted octanol–water partition coefficient (Wildman–Crippen LogP) is 4.53. The monoisotopic (exact) mass is 464 g/mol. The maximum absolute atomic E-state index is 12.5. The van der Waals surface area contributed by atoms with E-state index >= 15 is 0 Å².